The molecule has 0 amide bonds. The summed E-state index contributed by atoms with van der Waals surface area (Å²) in [5, 5.41) is 4.25. The molecule has 0 unspecified atom stereocenters. The van der Waals surface area contributed by atoms with Crippen LogP contribution in [0.15, 0.2) is 21.5 Å². The molecule has 0 bridgehead atoms. The van der Waals surface area contributed by atoms with Crippen LogP contribution >= 0.6 is 15.9 Å². The van der Waals surface area contributed by atoms with E-state index in [-0.39, 0.29) is 11.5 Å². The normalized spacial score (nSPS) is 11.2. The van der Waals surface area contributed by atoms with Crippen molar-refractivity contribution in [3.8, 4) is 11.5 Å². The fourth-order valence-electron chi connectivity index (χ4n) is 1.90. The maximum absolute atomic E-state index is 12.0. The molecule has 0 fully saturated rings. The van der Waals surface area contributed by atoms with Crippen LogP contribution < -0.4 is 5.56 Å². The Morgan fingerprint density at radius 1 is 1.47 bits per heavy atom. The number of halogens is 1. The third-order valence-corrected chi connectivity index (χ3v) is 3.60. The highest BCUT2D eigenvalue weighted by Crippen LogP contribution is 2.22. The molecule has 0 aliphatic heterocycles. The largest absolute Gasteiger partial charge is 0.304 e. The topological polar surface area (TPSA) is 63.6 Å². The van der Waals surface area contributed by atoms with E-state index in [1.165, 1.54) is 0 Å². The molecule has 2 aromatic heterocycles. The number of aryl methyl sites for hydroxylation is 1. The molecule has 0 aromatic carbocycles. The first kappa shape index (κ1) is 14.0. The Morgan fingerprint density at radius 2 is 2.21 bits per heavy atom. The minimum atomic E-state index is -0.155. The first-order chi connectivity index (χ1) is 9.04. The van der Waals surface area contributed by atoms with Gasteiger partial charge in [-0.2, -0.15) is 5.10 Å². The molecule has 0 atom stereocenters. The lowest BCUT2D eigenvalue weighted by molar-refractivity contribution is 0.606. The van der Waals surface area contributed by atoms with E-state index >= 15 is 0 Å². The number of aromatic amines is 1. The number of hydrogen-bond donors (Lipinski definition) is 1. The molecule has 1 N–H and O–H groups in total. The Hall–Kier alpha value is -1.43. The van der Waals surface area contributed by atoms with Crippen molar-refractivity contribution in [2.75, 3.05) is 0 Å². The van der Waals surface area contributed by atoms with Gasteiger partial charge in [-0.25, -0.2) is 4.98 Å². The Labute approximate surface area is 120 Å². The highest BCUT2D eigenvalue weighted by atomic mass is 79.9. The van der Waals surface area contributed by atoms with E-state index in [1.807, 2.05) is 24.6 Å². The Kier molecular flexibility index (Phi) is 4.19. The van der Waals surface area contributed by atoms with Gasteiger partial charge in [-0.05, 0) is 34.3 Å². The monoisotopic (exact) mass is 324 g/mol. The molecular weight excluding hydrogens is 308 g/mol. The highest BCUT2D eigenvalue weighted by Gasteiger charge is 2.15. The lowest BCUT2D eigenvalue weighted by Crippen LogP contribution is -2.16. The van der Waals surface area contributed by atoms with Crippen LogP contribution in [0, 0.1) is 0 Å². The average molecular weight is 325 g/mol. The number of hydrogen-bond acceptors (Lipinski definition) is 3. The number of rotatable bonds is 4. The van der Waals surface area contributed by atoms with Crippen molar-refractivity contribution < 1.29 is 0 Å². The van der Waals surface area contributed by atoms with E-state index < -0.39 is 0 Å². The molecular formula is C13H17BrN4O. The predicted octanol–water partition coefficient (Wildman–Crippen LogP) is 2.93. The third kappa shape index (κ3) is 2.78. The molecule has 0 radical (unpaired) electrons. The Morgan fingerprint density at radius 3 is 2.84 bits per heavy atom. The summed E-state index contributed by atoms with van der Waals surface area (Å²) in [7, 11) is 0. The van der Waals surface area contributed by atoms with Gasteiger partial charge in [0.25, 0.3) is 5.56 Å². The second kappa shape index (κ2) is 5.69. The van der Waals surface area contributed by atoms with Crippen LogP contribution in [-0.4, -0.2) is 19.7 Å². The summed E-state index contributed by atoms with van der Waals surface area (Å²) in [6, 6.07) is 1.87. The first-order valence-corrected chi connectivity index (χ1v) is 7.15. The van der Waals surface area contributed by atoms with E-state index in [4.69, 9.17) is 0 Å². The SMILES string of the molecule is CCCn1nccc1-c1nc(C(C)C)c(Br)c(=O)[nH]1. The van der Waals surface area contributed by atoms with Crippen molar-refractivity contribution in [2.45, 2.75) is 39.7 Å². The zero-order valence-corrected chi connectivity index (χ0v) is 12.9. The van der Waals surface area contributed by atoms with Gasteiger partial charge in [0.2, 0.25) is 0 Å². The number of H-pyrrole nitrogens is 1. The second-order valence-corrected chi connectivity index (χ2v) is 5.50. The van der Waals surface area contributed by atoms with E-state index in [9.17, 15) is 4.79 Å². The molecule has 0 saturated heterocycles. The summed E-state index contributed by atoms with van der Waals surface area (Å²) in [4.78, 5) is 19.3. The molecule has 102 valence electrons. The molecule has 2 rings (SSSR count). The fraction of sp³-hybridized carbons (Fsp3) is 0.462. The molecule has 2 heterocycles. The first-order valence-electron chi connectivity index (χ1n) is 6.36. The van der Waals surface area contributed by atoms with Crippen molar-refractivity contribution in [1.82, 2.24) is 19.7 Å². The van der Waals surface area contributed by atoms with Crippen molar-refractivity contribution in [3.05, 3.63) is 32.8 Å². The summed E-state index contributed by atoms with van der Waals surface area (Å²) >= 11 is 3.30. The minimum Gasteiger partial charge on any atom is -0.304 e. The van der Waals surface area contributed by atoms with Crippen molar-refractivity contribution >= 4 is 15.9 Å². The van der Waals surface area contributed by atoms with Gasteiger partial charge in [-0.3, -0.25) is 9.48 Å². The summed E-state index contributed by atoms with van der Waals surface area (Å²) in [6.45, 7) is 6.92. The third-order valence-electron chi connectivity index (χ3n) is 2.83. The summed E-state index contributed by atoms with van der Waals surface area (Å²) < 4.78 is 2.36. The maximum atomic E-state index is 12.0. The number of nitrogens with one attached hydrogen (secondary N) is 1. The Bertz CT molecular complexity index is 630. The zero-order valence-electron chi connectivity index (χ0n) is 11.3. The van der Waals surface area contributed by atoms with Gasteiger partial charge in [-0.1, -0.05) is 20.8 Å². The standard InChI is InChI=1S/C13H17BrN4O/c1-4-7-18-9(5-6-15-18)12-16-11(8(2)3)10(14)13(19)17-12/h5-6,8H,4,7H2,1-3H3,(H,16,17,19). The second-order valence-electron chi connectivity index (χ2n) is 4.71. The van der Waals surface area contributed by atoms with E-state index in [0.717, 1.165) is 24.4 Å². The van der Waals surface area contributed by atoms with Gasteiger partial charge < -0.3 is 4.98 Å². The van der Waals surface area contributed by atoms with Crippen LogP contribution in [0.4, 0.5) is 0 Å². The van der Waals surface area contributed by atoms with Crippen LogP contribution in [0.5, 0.6) is 0 Å². The van der Waals surface area contributed by atoms with E-state index in [1.54, 1.807) is 6.20 Å². The summed E-state index contributed by atoms with van der Waals surface area (Å²) in [5.41, 5.74) is 1.45. The number of aromatic nitrogens is 4. The zero-order chi connectivity index (χ0) is 14.0. The van der Waals surface area contributed by atoms with Crippen molar-refractivity contribution in [1.29, 1.82) is 0 Å². The molecule has 6 heteroatoms. The van der Waals surface area contributed by atoms with Gasteiger partial charge in [0, 0.05) is 12.7 Å². The summed E-state index contributed by atoms with van der Waals surface area (Å²) in [6.07, 6.45) is 2.70. The van der Waals surface area contributed by atoms with Gasteiger partial charge in [0.15, 0.2) is 5.82 Å². The lowest BCUT2D eigenvalue weighted by Gasteiger charge is -2.10. The van der Waals surface area contributed by atoms with Gasteiger partial charge in [-0.15, -0.1) is 0 Å². The van der Waals surface area contributed by atoms with Gasteiger partial charge in [0.05, 0.1) is 5.69 Å². The molecule has 0 aliphatic carbocycles. The minimum absolute atomic E-state index is 0.155. The van der Waals surface area contributed by atoms with Crippen molar-refractivity contribution in [3.63, 3.8) is 0 Å². The summed E-state index contributed by atoms with van der Waals surface area (Å²) in [5.74, 6) is 0.751. The molecule has 5 nitrogen and oxygen atoms in total. The van der Waals surface area contributed by atoms with E-state index in [2.05, 4.69) is 37.9 Å². The van der Waals surface area contributed by atoms with Crippen LogP contribution in [0.2, 0.25) is 0 Å². The van der Waals surface area contributed by atoms with Crippen LogP contribution in [0.25, 0.3) is 11.5 Å². The smallest absolute Gasteiger partial charge is 0.265 e. The molecule has 19 heavy (non-hydrogen) atoms. The van der Waals surface area contributed by atoms with Crippen LogP contribution in [0.1, 0.15) is 38.8 Å². The fourth-order valence-corrected chi connectivity index (χ4v) is 2.55. The maximum Gasteiger partial charge on any atom is 0.265 e. The average Bonchev–Trinajstić information content (AvgIpc) is 2.81. The van der Waals surface area contributed by atoms with Gasteiger partial charge >= 0.3 is 0 Å². The van der Waals surface area contributed by atoms with Gasteiger partial charge in [0.1, 0.15) is 10.2 Å². The van der Waals surface area contributed by atoms with Crippen LogP contribution in [-0.2, 0) is 6.54 Å². The molecule has 0 spiro atoms. The molecule has 0 saturated carbocycles. The predicted molar refractivity (Wildman–Crippen MR) is 78.2 cm³/mol. The van der Waals surface area contributed by atoms with E-state index in [0.29, 0.717) is 10.3 Å². The number of nitrogens with zero attached hydrogens (tertiary/aromatic N) is 3. The lowest BCUT2D eigenvalue weighted by atomic mass is 10.1. The molecule has 0 aliphatic rings. The van der Waals surface area contributed by atoms with Crippen molar-refractivity contribution in [2.24, 2.45) is 0 Å². The van der Waals surface area contributed by atoms with Crippen LogP contribution in [0.3, 0.4) is 0 Å². The quantitative estimate of drug-likeness (QED) is 0.940. The highest BCUT2D eigenvalue weighted by molar-refractivity contribution is 9.10. The Balaban J connectivity index is 2.57. The molecule has 2 aromatic rings.